The van der Waals surface area contributed by atoms with E-state index in [0.717, 1.165) is 43.1 Å². The highest BCUT2D eigenvalue weighted by Gasteiger charge is 2.13. The van der Waals surface area contributed by atoms with E-state index in [0.29, 0.717) is 0 Å². The number of carbonyl (C=O) groups excluding carboxylic acids is 1. The van der Waals surface area contributed by atoms with Crippen molar-refractivity contribution in [3.63, 3.8) is 0 Å². The van der Waals surface area contributed by atoms with Crippen molar-refractivity contribution in [1.29, 1.82) is 0 Å². The van der Waals surface area contributed by atoms with E-state index in [1.165, 1.54) is 17.5 Å². The molecule has 0 atom stereocenters. The largest absolute Gasteiger partial charge is 0.376 e. The lowest BCUT2D eigenvalue weighted by atomic mass is 9.90. The summed E-state index contributed by atoms with van der Waals surface area (Å²) in [5, 5.41) is 5.61. The Balaban J connectivity index is 1.63. The van der Waals surface area contributed by atoms with Gasteiger partial charge in [-0.15, -0.1) is 0 Å². The van der Waals surface area contributed by atoms with Crippen molar-refractivity contribution in [3.05, 3.63) is 59.2 Å². The zero-order valence-electron chi connectivity index (χ0n) is 12.7. The Hall–Kier alpha value is -2.43. The first-order valence-corrected chi connectivity index (χ1v) is 7.72. The van der Waals surface area contributed by atoms with E-state index in [-0.39, 0.29) is 18.1 Å². The Morgan fingerprint density at radius 3 is 2.57 bits per heavy atom. The van der Waals surface area contributed by atoms with Gasteiger partial charge in [-0.1, -0.05) is 12.1 Å². The van der Waals surface area contributed by atoms with Crippen molar-refractivity contribution in [2.45, 2.75) is 25.7 Å². The second-order valence-corrected chi connectivity index (χ2v) is 5.71. The van der Waals surface area contributed by atoms with Crippen molar-refractivity contribution in [2.75, 3.05) is 17.2 Å². The summed E-state index contributed by atoms with van der Waals surface area (Å²) in [7, 11) is 0. The maximum atomic E-state index is 13.1. The van der Waals surface area contributed by atoms with Crippen molar-refractivity contribution >= 4 is 17.3 Å². The van der Waals surface area contributed by atoms with Gasteiger partial charge in [0.2, 0.25) is 5.91 Å². The smallest absolute Gasteiger partial charge is 0.243 e. The molecule has 1 aliphatic carbocycles. The number of rotatable bonds is 4. The molecule has 1 amide bonds. The molecule has 0 spiro atoms. The molecule has 0 fully saturated rings. The number of hydrogen-bond acceptors (Lipinski definition) is 2. The molecule has 0 heterocycles. The molecule has 3 nitrogen and oxygen atoms in total. The van der Waals surface area contributed by atoms with E-state index in [2.05, 4.69) is 16.7 Å². The quantitative estimate of drug-likeness (QED) is 0.898. The first kappa shape index (κ1) is 15.5. The van der Waals surface area contributed by atoms with Crippen LogP contribution in [0.3, 0.4) is 0 Å². The van der Waals surface area contributed by atoms with Gasteiger partial charge in [-0.25, -0.2) is 8.78 Å². The summed E-state index contributed by atoms with van der Waals surface area (Å²) < 4.78 is 26.2. The highest BCUT2D eigenvalue weighted by atomic mass is 19.1. The number of nitrogens with one attached hydrogen (secondary N) is 2. The summed E-state index contributed by atoms with van der Waals surface area (Å²) in [6.45, 7) is 0.0502. The second-order valence-electron chi connectivity index (χ2n) is 5.71. The predicted molar refractivity (Wildman–Crippen MR) is 86.6 cm³/mol. The van der Waals surface area contributed by atoms with E-state index >= 15 is 0 Å². The van der Waals surface area contributed by atoms with Crippen LogP contribution in [0.4, 0.5) is 20.2 Å². The predicted octanol–water partition coefficient (Wildman–Crippen LogP) is 3.89. The number of fused-ring (bicyclic) bond motifs is 1. The zero-order chi connectivity index (χ0) is 16.2. The van der Waals surface area contributed by atoms with E-state index in [9.17, 15) is 13.6 Å². The fraction of sp³-hybridized carbons (Fsp3) is 0.278. The monoisotopic (exact) mass is 316 g/mol. The third-order valence-electron chi connectivity index (χ3n) is 3.98. The number of aryl methyl sites for hydroxylation is 1. The first-order valence-electron chi connectivity index (χ1n) is 7.72. The zero-order valence-corrected chi connectivity index (χ0v) is 12.7. The van der Waals surface area contributed by atoms with Gasteiger partial charge >= 0.3 is 0 Å². The summed E-state index contributed by atoms with van der Waals surface area (Å²) >= 11 is 0. The third kappa shape index (κ3) is 3.86. The molecule has 0 saturated heterocycles. The molecule has 0 saturated carbocycles. The van der Waals surface area contributed by atoms with E-state index in [1.807, 2.05) is 12.1 Å². The summed E-state index contributed by atoms with van der Waals surface area (Å²) in [4.78, 5) is 12.0. The molecule has 2 aromatic carbocycles. The van der Waals surface area contributed by atoms with Gasteiger partial charge in [0, 0.05) is 17.4 Å². The van der Waals surface area contributed by atoms with Crippen LogP contribution in [0.15, 0.2) is 36.4 Å². The first-order chi connectivity index (χ1) is 11.1. The molecule has 0 bridgehead atoms. The fourth-order valence-electron chi connectivity index (χ4n) is 2.95. The van der Waals surface area contributed by atoms with Crippen LogP contribution >= 0.6 is 0 Å². The lowest BCUT2D eigenvalue weighted by Crippen LogP contribution is -2.22. The number of anilines is 2. The average Bonchev–Trinajstić information content (AvgIpc) is 2.52. The molecule has 0 aliphatic heterocycles. The van der Waals surface area contributed by atoms with Gasteiger partial charge in [0.1, 0.15) is 11.6 Å². The van der Waals surface area contributed by atoms with Gasteiger partial charge in [-0.2, -0.15) is 0 Å². The fourth-order valence-corrected chi connectivity index (χ4v) is 2.95. The Labute approximate surface area is 133 Å². The molecule has 2 N–H and O–H groups in total. The molecule has 2 aromatic rings. The van der Waals surface area contributed by atoms with Crippen LogP contribution in [0.1, 0.15) is 24.0 Å². The molecule has 23 heavy (non-hydrogen) atoms. The topological polar surface area (TPSA) is 41.1 Å². The number of amides is 1. The summed E-state index contributed by atoms with van der Waals surface area (Å²) in [5.41, 5.74) is 3.67. The summed E-state index contributed by atoms with van der Waals surface area (Å²) in [5.74, 6) is -1.78. The van der Waals surface area contributed by atoms with E-state index < -0.39 is 11.6 Å². The molecule has 1 aliphatic rings. The molecule has 0 radical (unpaired) electrons. The number of hydrogen-bond donors (Lipinski definition) is 2. The van der Waals surface area contributed by atoms with Crippen molar-refractivity contribution in [2.24, 2.45) is 0 Å². The Kier molecular flexibility index (Phi) is 4.55. The normalized spacial score (nSPS) is 13.3. The molecule has 0 aromatic heterocycles. The summed E-state index contributed by atoms with van der Waals surface area (Å²) in [6, 6.07) is 9.00. The highest BCUT2D eigenvalue weighted by Crippen LogP contribution is 2.27. The average molecular weight is 316 g/mol. The minimum Gasteiger partial charge on any atom is -0.376 e. The van der Waals surface area contributed by atoms with Crippen LogP contribution in [0.2, 0.25) is 0 Å². The molecule has 3 rings (SSSR count). The molecular weight excluding hydrogens is 298 g/mol. The Morgan fingerprint density at radius 1 is 1.04 bits per heavy atom. The second kappa shape index (κ2) is 6.77. The van der Waals surface area contributed by atoms with Crippen LogP contribution in [0.25, 0.3) is 0 Å². The van der Waals surface area contributed by atoms with Crippen LogP contribution in [0.5, 0.6) is 0 Å². The van der Waals surface area contributed by atoms with Gasteiger partial charge in [-0.3, -0.25) is 4.79 Å². The van der Waals surface area contributed by atoms with Crippen LogP contribution in [-0.2, 0) is 17.6 Å². The Bertz CT molecular complexity index is 711. The molecule has 0 unspecified atom stereocenters. The van der Waals surface area contributed by atoms with Crippen LogP contribution < -0.4 is 10.6 Å². The standard InChI is InChI=1S/C18H18F2N2O/c19-13-8-14(20)10-15(9-13)22-18(23)11-21-17-7-3-5-12-4-1-2-6-16(12)17/h3,5,7-10,21H,1-2,4,6,11H2,(H,22,23). The van der Waals surface area contributed by atoms with Crippen molar-refractivity contribution < 1.29 is 13.6 Å². The lowest BCUT2D eigenvalue weighted by molar-refractivity contribution is -0.114. The van der Waals surface area contributed by atoms with E-state index in [1.54, 1.807) is 0 Å². The van der Waals surface area contributed by atoms with Gasteiger partial charge in [0.25, 0.3) is 0 Å². The lowest BCUT2D eigenvalue weighted by Gasteiger charge is -2.20. The van der Waals surface area contributed by atoms with Gasteiger partial charge in [-0.05, 0) is 55.0 Å². The van der Waals surface area contributed by atoms with E-state index in [4.69, 9.17) is 0 Å². The molecular formula is C18H18F2N2O. The van der Waals surface area contributed by atoms with Gasteiger partial charge in [0.15, 0.2) is 0 Å². The minimum atomic E-state index is -0.717. The third-order valence-corrected chi connectivity index (χ3v) is 3.98. The molecule has 120 valence electrons. The number of benzene rings is 2. The van der Waals surface area contributed by atoms with Crippen molar-refractivity contribution in [3.8, 4) is 0 Å². The van der Waals surface area contributed by atoms with Crippen LogP contribution in [-0.4, -0.2) is 12.5 Å². The number of carbonyl (C=O) groups is 1. The van der Waals surface area contributed by atoms with Gasteiger partial charge in [0.05, 0.1) is 6.54 Å². The summed E-state index contributed by atoms with van der Waals surface area (Å²) in [6.07, 6.45) is 4.43. The minimum absolute atomic E-state index is 0.0502. The maximum Gasteiger partial charge on any atom is 0.243 e. The maximum absolute atomic E-state index is 13.1. The SMILES string of the molecule is O=C(CNc1cccc2c1CCCC2)Nc1cc(F)cc(F)c1. The Morgan fingerprint density at radius 2 is 1.78 bits per heavy atom. The highest BCUT2D eigenvalue weighted by molar-refractivity contribution is 5.93. The molecule has 5 heteroatoms. The van der Waals surface area contributed by atoms with Crippen molar-refractivity contribution in [1.82, 2.24) is 0 Å². The van der Waals surface area contributed by atoms with Crippen LogP contribution in [0, 0.1) is 11.6 Å². The number of halogens is 2. The van der Waals surface area contributed by atoms with Gasteiger partial charge < -0.3 is 10.6 Å².